The summed E-state index contributed by atoms with van der Waals surface area (Å²) in [6, 6.07) is -0.0853. The molecule has 2 fully saturated rings. The number of hydroxylamine groups is 2. The van der Waals surface area contributed by atoms with Crippen molar-refractivity contribution in [3.63, 3.8) is 0 Å². The maximum absolute atomic E-state index is 15.3. The number of aromatic nitrogens is 2. The molecule has 0 radical (unpaired) electrons. The zero-order valence-electron chi connectivity index (χ0n) is 19.3. The lowest BCUT2D eigenvalue weighted by molar-refractivity contribution is -0.154. The number of halogens is 2. The number of hydrazine groups is 1. The minimum Gasteiger partial charge on any atom is -0.395 e. The number of amides is 2. The molecule has 1 saturated heterocycles. The monoisotopic (exact) mass is 501 g/mol. The molecule has 0 bridgehead atoms. The first-order chi connectivity index (χ1) is 16.3. The molecule has 190 valence electrons. The number of anilines is 2. The van der Waals surface area contributed by atoms with Gasteiger partial charge in [-0.25, -0.2) is 5.06 Å². The standard InChI is InChI=1S/C21H33ClFN7O4/c1-14-11-28(8-9-31)6-7-30(14)19-17(23)18(24-21(22)25-19)26-27-20(33)16(12-29(34)13-32)10-15-4-2-3-5-15/h13-16,31,34H,2-12H2,1H3,(H,27,33)(H,24,25,26)/t14-,16?/m0/s1. The van der Waals surface area contributed by atoms with Crippen LogP contribution in [0.25, 0.3) is 0 Å². The number of aliphatic hydroxyl groups excluding tert-OH is 1. The molecule has 1 aromatic heterocycles. The van der Waals surface area contributed by atoms with Gasteiger partial charge in [0.05, 0.1) is 19.1 Å². The molecule has 1 aliphatic carbocycles. The van der Waals surface area contributed by atoms with Crippen LogP contribution < -0.4 is 15.8 Å². The van der Waals surface area contributed by atoms with Gasteiger partial charge in [0.1, 0.15) is 0 Å². The molecule has 1 aromatic rings. The van der Waals surface area contributed by atoms with E-state index >= 15 is 4.39 Å². The first kappa shape index (κ1) is 26.3. The van der Waals surface area contributed by atoms with Gasteiger partial charge in [-0.1, -0.05) is 25.7 Å². The van der Waals surface area contributed by atoms with Crippen molar-refractivity contribution in [2.75, 3.05) is 49.7 Å². The van der Waals surface area contributed by atoms with Gasteiger partial charge < -0.3 is 10.0 Å². The summed E-state index contributed by atoms with van der Waals surface area (Å²) in [5.74, 6) is -1.84. The molecule has 2 atom stereocenters. The second kappa shape index (κ2) is 12.4. The Bertz CT molecular complexity index is 846. The molecule has 1 saturated carbocycles. The Balaban J connectivity index is 1.69. The van der Waals surface area contributed by atoms with Crippen LogP contribution in [0.2, 0.25) is 5.28 Å². The van der Waals surface area contributed by atoms with E-state index in [1.807, 2.05) is 6.92 Å². The van der Waals surface area contributed by atoms with Gasteiger partial charge >= 0.3 is 0 Å². The third-order valence-corrected chi connectivity index (χ3v) is 6.67. The Kier molecular flexibility index (Phi) is 9.63. The van der Waals surface area contributed by atoms with Gasteiger partial charge in [-0.15, -0.1) is 0 Å². The van der Waals surface area contributed by atoms with Gasteiger partial charge in [0, 0.05) is 32.2 Å². The highest BCUT2D eigenvalue weighted by Gasteiger charge is 2.30. The lowest BCUT2D eigenvalue weighted by Crippen LogP contribution is -2.53. The van der Waals surface area contributed by atoms with Crippen LogP contribution in [-0.2, 0) is 9.59 Å². The number of nitrogens with zero attached hydrogens (tertiary/aromatic N) is 5. The number of carbonyl (C=O) groups is 2. The van der Waals surface area contributed by atoms with Crippen molar-refractivity contribution in [1.82, 2.24) is 25.4 Å². The Morgan fingerprint density at radius 2 is 2.09 bits per heavy atom. The number of β-amino-alcohol motifs (C(OH)–C–C–N with tert-alkyl or cyclic N) is 1. The van der Waals surface area contributed by atoms with E-state index in [0.717, 1.165) is 25.7 Å². The van der Waals surface area contributed by atoms with Crippen LogP contribution in [0.15, 0.2) is 0 Å². The Hall–Kier alpha value is -2.28. The van der Waals surface area contributed by atoms with Crippen LogP contribution in [0.5, 0.6) is 0 Å². The Labute approximate surface area is 203 Å². The summed E-state index contributed by atoms with van der Waals surface area (Å²) in [5.41, 5.74) is 4.95. The fourth-order valence-electron chi connectivity index (χ4n) is 4.78. The van der Waals surface area contributed by atoms with E-state index in [1.165, 1.54) is 0 Å². The van der Waals surface area contributed by atoms with Crippen molar-refractivity contribution in [2.45, 2.75) is 45.1 Å². The summed E-state index contributed by atoms with van der Waals surface area (Å²) < 4.78 is 15.3. The van der Waals surface area contributed by atoms with Crippen molar-refractivity contribution < 1.29 is 24.3 Å². The van der Waals surface area contributed by atoms with E-state index in [4.69, 9.17) is 16.7 Å². The zero-order valence-corrected chi connectivity index (χ0v) is 20.0. The minimum absolute atomic E-state index is 0.0258. The maximum Gasteiger partial charge on any atom is 0.243 e. The number of hydrogen-bond acceptors (Lipinski definition) is 9. The normalized spacial score (nSPS) is 20.3. The van der Waals surface area contributed by atoms with Crippen molar-refractivity contribution in [1.29, 1.82) is 0 Å². The molecule has 1 unspecified atom stereocenters. The van der Waals surface area contributed by atoms with E-state index in [0.29, 0.717) is 43.6 Å². The van der Waals surface area contributed by atoms with Crippen LogP contribution in [0, 0.1) is 17.7 Å². The molecule has 13 heteroatoms. The molecular formula is C21H33ClFN7O4. The second-order valence-corrected chi connectivity index (χ2v) is 9.31. The lowest BCUT2D eigenvalue weighted by Gasteiger charge is -2.40. The SMILES string of the molecule is C[C@H]1CN(CCO)CCN1c1nc(Cl)nc(NNC(=O)C(CC2CCCC2)CN(O)C=O)c1F. The average Bonchev–Trinajstić information content (AvgIpc) is 3.32. The molecule has 1 aliphatic heterocycles. The number of piperazine rings is 1. The highest BCUT2D eigenvalue weighted by molar-refractivity contribution is 6.28. The number of rotatable bonds is 11. The van der Waals surface area contributed by atoms with E-state index in [-0.39, 0.29) is 42.5 Å². The lowest BCUT2D eigenvalue weighted by atomic mass is 9.92. The predicted molar refractivity (Wildman–Crippen MR) is 124 cm³/mol. The van der Waals surface area contributed by atoms with E-state index in [9.17, 15) is 14.8 Å². The zero-order chi connectivity index (χ0) is 24.7. The number of carbonyl (C=O) groups excluding carboxylic acids is 2. The molecular weight excluding hydrogens is 469 g/mol. The fourth-order valence-corrected chi connectivity index (χ4v) is 4.94. The van der Waals surface area contributed by atoms with Crippen molar-refractivity contribution in [3.8, 4) is 0 Å². The molecule has 2 heterocycles. The predicted octanol–water partition coefficient (Wildman–Crippen LogP) is 1.26. The molecule has 0 aromatic carbocycles. The van der Waals surface area contributed by atoms with Crippen LogP contribution in [0.4, 0.5) is 16.0 Å². The summed E-state index contributed by atoms with van der Waals surface area (Å²) in [6.45, 7) is 4.09. The van der Waals surface area contributed by atoms with Gasteiger partial charge in [-0.2, -0.15) is 14.4 Å². The summed E-state index contributed by atoms with van der Waals surface area (Å²) >= 11 is 6.06. The fraction of sp³-hybridized carbons (Fsp3) is 0.714. The van der Waals surface area contributed by atoms with Gasteiger partial charge in [-0.05, 0) is 30.9 Å². The highest BCUT2D eigenvalue weighted by Crippen LogP contribution is 2.31. The third-order valence-electron chi connectivity index (χ3n) is 6.50. The van der Waals surface area contributed by atoms with Crippen LogP contribution in [0.1, 0.15) is 39.0 Å². The summed E-state index contributed by atoms with van der Waals surface area (Å²) in [5, 5.41) is 19.0. The summed E-state index contributed by atoms with van der Waals surface area (Å²) in [7, 11) is 0. The first-order valence-electron chi connectivity index (χ1n) is 11.6. The maximum atomic E-state index is 15.3. The Morgan fingerprint density at radius 1 is 1.35 bits per heavy atom. The van der Waals surface area contributed by atoms with E-state index in [2.05, 4.69) is 25.7 Å². The molecule has 11 nitrogen and oxygen atoms in total. The quantitative estimate of drug-likeness (QED) is 0.153. The van der Waals surface area contributed by atoms with Gasteiger partial charge in [0.25, 0.3) is 0 Å². The smallest absolute Gasteiger partial charge is 0.243 e. The molecule has 0 spiro atoms. The van der Waals surface area contributed by atoms with Crippen LogP contribution in [-0.4, -0.2) is 87.9 Å². The van der Waals surface area contributed by atoms with Gasteiger partial charge in [0.2, 0.25) is 23.4 Å². The number of hydrogen-bond donors (Lipinski definition) is 4. The van der Waals surface area contributed by atoms with E-state index in [1.54, 1.807) is 4.90 Å². The van der Waals surface area contributed by atoms with Crippen LogP contribution >= 0.6 is 11.6 Å². The molecule has 2 amide bonds. The molecule has 2 aliphatic rings. The minimum atomic E-state index is -0.754. The van der Waals surface area contributed by atoms with Crippen molar-refractivity contribution >= 4 is 35.6 Å². The topological polar surface area (TPSA) is 134 Å². The van der Waals surface area contributed by atoms with Gasteiger partial charge in [-0.3, -0.25) is 30.5 Å². The molecule has 4 N–H and O–H groups in total. The van der Waals surface area contributed by atoms with E-state index < -0.39 is 17.6 Å². The average molecular weight is 502 g/mol. The molecule has 3 rings (SSSR count). The second-order valence-electron chi connectivity index (χ2n) is 8.97. The van der Waals surface area contributed by atoms with Crippen molar-refractivity contribution in [2.24, 2.45) is 11.8 Å². The Morgan fingerprint density at radius 3 is 2.74 bits per heavy atom. The molecule has 34 heavy (non-hydrogen) atoms. The number of nitrogens with one attached hydrogen (secondary N) is 2. The summed E-state index contributed by atoms with van der Waals surface area (Å²) in [6.07, 6.45) is 4.92. The largest absolute Gasteiger partial charge is 0.395 e. The van der Waals surface area contributed by atoms with Crippen LogP contribution in [0.3, 0.4) is 0 Å². The third kappa shape index (κ3) is 6.87. The summed E-state index contributed by atoms with van der Waals surface area (Å²) in [4.78, 5) is 35.5. The number of aliphatic hydroxyl groups is 1. The van der Waals surface area contributed by atoms with Gasteiger partial charge in [0.15, 0.2) is 11.6 Å². The highest BCUT2D eigenvalue weighted by atomic mass is 35.5. The van der Waals surface area contributed by atoms with Crippen molar-refractivity contribution in [3.05, 3.63) is 11.1 Å². The first-order valence-corrected chi connectivity index (χ1v) is 12.0.